The Morgan fingerprint density at radius 3 is 2.66 bits per heavy atom. The molecule has 0 aliphatic carbocycles. The second kappa shape index (κ2) is 9.52. The predicted molar refractivity (Wildman–Crippen MR) is 122 cm³/mol. The number of aromatic nitrogens is 3. The molecule has 170 valence electrons. The molecule has 3 rings (SSSR count). The van der Waals surface area contributed by atoms with E-state index in [1.165, 1.54) is 12.4 Å². The standard InChI is InChI=1S/C23H28F2N6O/c1-13-6-18-21(27-10-13)22(29-12-28-18)31-15-7-16(20(25)17(24)8-15)19(30-14(2)26)9-23(3,4)11-32-5/h6-8,10,12,19H,9,11H2,1-5H3,(H2,26,30)(H,28,29,31). The summed E-state index contributed by atoms with van der Waals surface area (Å²) < 4.78 is 34.8. The van der Waals surface area contributed by atoms with Crippen LogP contribution in [-0.2, 0) is 4.74 Å². The molecule has 3 aromatic rings. The Morgan fingerprint density at radius 2 is 1.97 bits per heavy atom. The summed E-state index contributed by atoms with van der Waals surface area (Å²) in [6.45, 7) is 7.91. The number of nitrogens with one attached hydrogen (secondary N) is 1. The van der Waals surface area contributed by atoms with Crippen molar-refractivity contribution in [2.75, 3.05) is 19.0 Å². The summed E-state index contributed by atoms with van der Waals surface area (Å²) >= 11 is 0. The molecular formula is C23H28F2N6O. The van der Waals surface area contributed by atoms with Crippen LogP contribution < -0.4 is 11.1 Å². The highest BCUT2D eigenvalue weighted by Crippen LogP contribution is 2.36. The van der Waals surface area contributed by atoms with E-state index in [0.29, 0.717) is 35.6 Å². The number of anilines is 2. The van der Waals surface area contributed by atoms with Crippen LogP contribution in [0.5, 0.6) is 0 Å². The van der Waals surface area contributed by atoms with E-state index >= 15 is 0 Å². The normalized spacial score (nSPS) is 13.4. The van der Waals surface area contributed by atoms with Crippen LogP contribution in [0.3, 0.4) is 0 Å². The summed E-state index contributed by atoms with van der Waals surface area (Å²) in [5.41, 5.74) is 8.02. The number of fused-ring (bicyclic) bond motifs is 1. The molecule has 32 heavy (non-hydrogen) atoms. The van der Waals surface area contributed by atoms with E-state index in [9.17, 15) is 8.78 Å². The van der Waals surface area contributed by atoms with E-state index in [1.807, 2.05) is 26.8 Å². The van der Waals surface area contributed by atoms with Gasteiger partial charge in [0.25, 0.3) is 0 Å². The Morgan fingerprint density at radius 1 is 1.22 bits per heavy atom. The van der Waals surface area contributed by atoms with Gasteiger partial charge in [-0.1, -0.05) is 13.8 Å². The summed E-state index contributed by atoms with van der Waals surface area (Å²) in [5.74, 6) is -1.28. The van der Waals surface area contributed by atoms with Crippen molar-refractivity contribution in [3.05, 3.63) is 53.5 Å². The number of benzene rings is 1. The summed E-state index contributed by atoms with van der Waals surface area (Å²) in [6.07, 6.45) is 3.50. The highest BCUT2D eigenvalue weighted by atomic mass is 19.2. The molecule has 9 heteroatoms. The number of nitrogens with zero attached hydrogens (tertiary/aromatic N) is 4. The van der Waals surface area contributed by atoms with Crippen LogP contribution in [0.25, 0.3) is 11.0 Å². The molecule has 0 bridgehead atoms. The molecule has 2 heterocycles. The SMILES string of the molecule is COCC(C)(C)CC(N=C(C)N)c1cc(Nc2ncnc3cc(C)cnc23)cc(F)c1F. The number of aliphatic imine (C=N–C) groups is 1. The van der Waals surface area contributed by atoms with E-state index < -0.39 is 17.7 Å². The lowest BCUT2D eigenvalue weighted by Crippen LogP contribution is -2.23. The Balaban J connectivity index is 2.04. The number of pyridine rings is 1. The van der Waals surface area contributed by atoms with Crippen molar-refractivity contribution in [2.45, 2.75) is 40.2 Å². The molecule has 1 unspecified atom stereocenters. The molecule has 0 spiro atoms. The first-order valence-corrected chi connectivity index (χ1v) is 10.2. The average Bonchev–Trinajstić information content (AvgIpc) is 2.69. The van der Waals surface area contributed by atoms with Crippen LogP contribution in [-0.4, -0.2) is 34.5 Å². The lowest BCUT2D eigenvalue weighted by atomic mass is 9.84. The van der Waals surface area contributed by atoms with Crippen molar-refractivity contribution in [3.63, 3.8) is 0 Å². The van der Waals surface area contributed by atoms with Gasteiger partial charge in [-0.15, -0.1) is 0 Å². The Hall–Kier alpha value is -3.20. The lowest BCUT2D eigenvalue weighted by Gasteiger charge is -2.28. The minimum absolute atomic E-state index is 0.101. The van der Waals surface area contributed by atoms with Crippen LogP contribution in [0.15, 0.2) is 35.7 Å². The molecule has 7 nitrogen and oxygen atoms in total. The largest absolute Gasteiger partial charge is 0.388 e. The summed E-state index contributed by atoms with van der Waals surface area (Å²) in [6, 6.07) is 3.79. The van der Waals surface area contributed by atoms with Crippen LogP contribution >= 0.6 is 0 Å². The monoisotopic (exact) mass is 442 g/mol. The van der Waals surface area contributed by atoms with Gasteiger partial charge in [0.2, 0.25) is 0 Å². The fraction of sp³-hybridized carbons (Fsp3) is 0.391. The first kappa shape index (κ1) is 23.5. The van der Waals surface area contributed by atoms with Crippen LogP contribution in [0, 0.1) is 24.0 Å². The van der Waals surface area contributed by atoms with Crippen LogP contribution in [0.2, 0.25) is 0 Å². The first-order chi connectivity index (χ1) is 15.1. The van der Waals surface area contributed by atoms with E-state index in [4.69, 9.17) is 10.5 Å². The molecule has 0 radical (unpaired) electrons. The molecule has 2 aromatic heterocycles. The van der Waals surface area contributed by atoms with Gasteiger partial charge in [-0.05, 0) is 43.4 Å². The number of hydrogen-bond acceptors (Lipinski definition) is 6. The maximum absolute atomic E-state index is 14.9. The number of methoxy groups -OCH3 is 1. The third kappa shape index (κ3) is 5.53. The zero-order valence-electron chi connectivity index (χ0n) is 18.9. The lowest BCUT2D eigenvalue weighted by molar-refractivity contribution is 0.0929. The molecule has 0 fully saturated rings. The number of amidine groups is 1. The van der Waals surface area contributed by atoms with Gasteiger partial charge in [-0.3, -0.25) is 9.98 Å². The van der Waals surface area contributed by atoms with E-state index in [0.717, 1.165) is 11.6 Å². The fourth-order valence-corrected chi connectivity index (χ4v) is 3.64. The highest BCUT2D eigenvalue weighted by Gasteiger charge is 2.28. The highest BCUT2D eigenvalue weighted by molar-refractivity contribution is 5.87. The maximum Gasteiger partial charge on any atom is 0.164 e. The number of halogens is 2. The van der Waals surface area contributed by atoms with Gasteiger partial charge in [0.05, 0.1) is 24.0 Å². The molecule has 0 saturated carbocycles. The molecule has 1 aromatic carbocycles. The minimum atomic E-state index is -0.994. The van der Waals surface area contributed by atoms with Gasteiger partial charge in [0, 0.05) is 30.6 Å². The number of nitrogens with two attached hydrogens (primary N) is 1. The van der Waals surface area contributed by atoms with Gasteiger partial charge < -0.3 is 15.8 Å². The molecular weight excluding hydrogens is 414 g/mol. The Labute approximate surface area is 186 Å². The van der Waals surface area contributed by atoms with Crippen molar-refractivity contribution < 1.29 is 13.5 Å². The predicted octanol–water partition coefficient (Wildman–Crippen LogP) is 4.84. The van der Waals surface area contributed by atoms with Gasteiger partial charge in [-0.2, -0.15) is 0 Å². The zero-order chi connectivity index (χ0) is 23.5. The number of hydrogen-bond donors (Lipinski definition) is 2. The topological polar surface area (TPSA) is 98.3 Å². The zero-order valence-corrected chi connectivity index (χ0v) is 18.9. The number of aryl methyl sites for hydroxylation is 1. The van der Waals surface area contributed by atoms with E-state index in [1.54, 1.807) is 20.2 Å². The second-order valence-electron chi connectivity index (χ2n) is 8.68. The molecule has 3 N–H and O–H groups in total. The van der Waals surface area contributed by atoms with E-state index in [2.05, 4.69) is 25.3 Å². The van der Waals surface area contributed by atoms with Crippen LogP contribution in [0.1, 0.15) is 44.4 Å². The summed E-state index contributed by atoms with van der Waals surface area (Å²) in [7, 11) is 1.60. The first-order valence-electron chi connectivity index (χ1n) is 10.2. The van der Waals surface area contributed by atoms with Crippen molar-refractivity contribution in [1.29, 1.82) is 0 Å². The van der Waals surface area contributed by atoms with Gasteiger partial charge in [0.15, 0.2) is 17.5 Å². The quantitative estimate of drug-likeness (QED) is 0.383. The molecule has 1 atom stereocenters. The van der Waals surface area contributed by atoms with Crippen molar-refractivity contribution >= 4 is 28.4 Å². The van der Waals surface area contributed by atoms with Gasteiger partial charge in [0.1, 0.15) is 11.8 Å². The molecule has 0 aliphatic rings. The third-order valence-corrected chi connectivity index (χ3v) is 4.93. The fourth-order valence-electron chi connectivity index (χ4n) is 3.64. The number of ether oxygens (including phenoxy) is 1. The number of rotatable bonds is 8. The van der Waals surface area contributed by atoms with Crippen molar-refractivity contribution in [2.24, 2.45) is 16.1 Å². The molecule has 0 amide bonds. The van der Waals surface area contributed by atoms with Crippen molar-refractivity contribution in [3.8, 4) is 0 Å². The summed E-state index contributed by atoms with van der Waals surface area (Å²) in [4.78, 5) is 17.2. The Kier molecular flexibility index (Phi) is 6.98. The molecule has 0 aliphatic heterocycles. The summed E-state index contributed by atoms with van der Waals surface area (Å²) in [5, 5.41) is 3.05. The third-order valence-electron chi connectivity index (χ3n) is 4.93. The smallest absolute Gasteiger partial charge is 0.164 e. The minimum Gasteiger partial charge on any atom is -0.388 e. The molecule has 0 saturated heterocycles. The van der Waals surface area contributed by atoms with E-state index in [-0.39, 0.29) is 16.8 Å². The van der Waals surface area contributed by atoms with Crippen LogP contribution in [0.4, 0.5) is 20.3 Å². The van der Waals surface area contributed by atoms with Crippen molar-refractivity contribution in [1.82, 2.24) is 15.0 Å². The van der Waals surface area contributed by atoms with Gasteiger partial charge >= 0.3 is 0 Å². The van der Waals surface area contributed by atoms with Gasteiger partial charge in [-0.25, -0.2) is 18.7 Å². The average molecular weight is 443 g/mol. The Bertz CT molecular complexity index is 1140. The maximum atomic E-state index is 14.9. The second-order valence-corrected chi connectivity index (χ2v) is 8.68.